The molecule has 4 heteroatoms. The van der Waals surface area contributed by atoms with Crippen molar-refractivity contribution in [2.75, 3.05) is 0 Å². The fraction of sp³-hybridized carbons (Fsp3) is 0.778. The lowest BCUT2D eigenvalue weighted by Crippen LogP contribution is -2.30. The molecule has 0 aromatic heterocycles. The first-order chi connectivity index (χ1) is 14.7. The predicted molar refractivity (Wildman–Crippen MR) is 120 cm³/mol. The summed E-state index contributed by atoms with van der Waals surface area (Å²) in [5, 5.41) is 0. The first-order valence-corrected chi connectivity index (χ1v) is 12.6. The zero-order valence-corrected chi connectivity index (χ0v) is 19.4. The first-order valence-electron chi connectivity index (χ1n) is 12.6. The third kappa shape index (κ3) is 6.48. The Hall–Kier alpha value is -1.06. The standard InChI is InChI=1S/C27H40F4/c1-3-20(2)7-8-21-9-11-22(12-10-21)15-18-26(16-5-4-6-17-26)23-13-14-24(25(28)19-23)27(29,30)31/h13-14,19-22H,3-12,15-18H2,1-2H3. The largest absolute Gasteiger partial charge is 0.419 e. The summed E-state index contributed by atoms with van der Waals surface area (Å²) in [7, 11) is 0. The fourth-order valence-electron chi connectivity index (χ4n) is 6.00. The Kier molecular flexibility index (Phi) is 8.49. The Balaban J connectivity index is 1.60. The van der Waals surface area contributed by atoms with Gasteiger partial charge < -0.3 is 0 Å². The molecular formula is C27H40F4. The van der Waals surface area contributed by atoms with Gasteiger partial charge in [0.05, 0.1) is 5.56 Å². The van der Waals surface area contributed by atoms with E-state index in [-0.39, 0.29) is 5.41 Å². The van der Waals surface area contributed by atoms with Gasteiger partial charge in [0.2, 0.25) is 0 Å². The highest BCUT2D eigenvalue weighted by Gasteiger charge is 2.38. The van der Waals surface area contributed by atoms with E-state index in [4.69, 9.17) is 0 Å². The van der Waals surface area contributed by atoms with E-state index < -0.39 is 17.6 Å². The number of alkyl halides is 3. The van der Waals surface area contributed by atoms with Crippen molar-refractivity contribution >= 4 is 0 Å². The van der Waals surface area contributed by atoms with E-state index in [0.29, 0.717) is 0 Å². The van der Waals surface area contributed by atoms with Crippen LogP contribution in [0.25, 0.3) is 0 Å². The summed E-state index contributed by atoms with van der Waals surface area (Å²) in [5.41, 5.74) is -0.491. The van der Waals surface area contributed by atoms with E-state index in [1.54, 1.807) is 6.07 Å². The molecule has 2 saturated carbocycles. The minimum absolute atomic E-state index is 0.142. The van der Waals surface area contributed by atoms with Gasteiger partial charge in [-0.25, -0.2) is 4.39 Å². The maximum atomic E-state index is 14.3. The maximum Gasteiger partial charge on any atom is 0.419 e. The topological polar surface area (TPSA) is 0 Å². The molecule has 176 valence electrons. The Morgan fingerprint density at radius 2 is 1.58 bits per heavy atom. The van der Waals surface area contributed by atoms with Crippen LogP contribution in [-0.4, -0.2) is 0 Å². The second-order valence-electron chi connectivity index (χ2n) is 10.5. The Morgan fingerprint density at radius 3 is 2.13 bits per heavy atom. The van der Waals surface area contributed by atoms with Gasteiger partial charge in [-0.1, -0.05) is 84.1 Å². The molecule has 1 atom stereocenters. The molecule has 2 aliphatic rings. The highest BCUT2D eigenvalue weighted by Crippen LogP contribution is 2.46. The molecule has 31 heavy (non-hydrogen) atoms. The molecule has 0 bridgehead atoms. The Bertz CT molecular complexity index is 679. The van der Waals surface area contributed by atoms with E-state index in [9.17, 15) is 17.6 Å². The molecule has 0 amide bonds. The van der Waals surface area contributed by atoms with Crippen molar-refractivity contribution in [3.8, 4) is 0 Å². The van der Waals surface area contributed by atoms with Crippen LogP contribution in [0, 0.1) is 23.6 Å². The number of hydrogen-bond donors (Lipinski definition) is 0. The van der Waals surface area contributed by atoms with E-state index in [0.717, 1.165) is 67.9 Å². The lowest BCUT2D eigenvalue weighted by Gasteiger charge is -2.40. The van der Waals surface area contributed by atoms with Crippen LogP contribution in [0.4, 0.5) is 17.6 Å². The van der Waals surface area contributed by atoms with Crippen LogP contribution >= 0.6 is 0 Å². The SMILES string of the molecule is CCC(C)CCC1CCC(CCC2(c3ccc(C(F)(F)F)c(F)c3)CCCCC2)CC1. The molecular weight excluding hydrogens is 400 g/mol. The fourth-order valence-corrected chi connectivity index (χ4v) is 6.00. The second kappa shape index (κ2) is 10.7. The van der Waals surface area contributed by atoms with Crippen LogP contribution in [0.15, 0.2) is 18.2 Å². The van der Waals surface area contributed by atoms with E-state index in [1.165, 1.54) is 57.4 Å². The summed E-state index contributed by atoms with van der Waals surface area (Å²) >= 11 is 0. The molecule has 0 N–H and O–H groups in total. The molecule has 2 fully saturated rings. The van der Waals surface area contributed by atoms with E-state index >= 15 is 0 Å². The van der Waals surface area contributed by atoms with Gasteiger partial charge in [-0.15, -0.1) is 0 Å². The molecule has 1 aromatic rings. The molecule has 0 heterocycles. The lowest BCUT2D eigenvalue weighted by atomic mass is 9.65. The quantitative estimate of drug-likeness (QED) is 0.353. The zero-order valence-electron chi connectivity index (χ0n) is 19.4. The van der Waals surface area contributed by atoms with Crippen LogP contribution in [0.2, 0.25) is 0 Å². The van der Waals surface area contributed by atoms with Gasteiger partial charge in [-0.05, 0) is 66.5 Å². The Morgan fingerprint density at radius 1 is 0.968 bits per heavy atom. The monoisotopic (exact) mass is 440 g/mol. The van der Waals surface area contributed by atoms with Crippen molar-refractivity contribution in [3.05, 3.63) is 35.1 Å². The van der Waals surface area contributed by atoms with E-state index in [1.807, 2.05) is 0 Å². The summed E-state index contributed by atoms with van der Waals surface area (Å²) in [6.45, 7) is 4.62. The highest BCUT2D eigenvalue weighted by molar-refractivity contribution is 5.32. The van der Waals surface area contributed by atoms with Crippen LogP contribution in [-0.2, 0) is 11.6 Å². The van der Waals surface area contributed by atoms with Gasteiger partial charge in [0.25, 0.3) is 0 Å². The van der Waals surface area contributed by atoms with Gasteiger partial charge in [0, 0.05) is 0 Å². The van der Waals surface area contributed by atoms with E-state index in [2.05, 4.69) is 13.8 Å². The smallest absolute Gasteiger partial charge is 0.206 e. The average molecular weight is 441 g/mol. The third-order valence-corrected chi connectivity index (χ3v) is 8.46. The summed E-state index contributed by atoms with van der Waals surface area (Å²) < 4.78 is 53.4. The first kappa shape index (κ1) is 24.6. The summed E-state index contributed by atoms with van der Waals surface area (Å²) in [5.74, 6) is 1.31. The van der Waals surface area contributed by atoms with Crippen molar-refractivity contribution < 1.29 is 17.6 Å². The predicted octanol–water partition coefficient (Wildman–Crippen LogP) is 9.46. The van der Waals surface area contributed by atoms with Crippen molar-refractivity contribution in [1.29, 1.82) is 0 Å². The highest BCUT2D eigenvalue weighted by atomic mass is 19.4. The average Bonchev–Trinajstić information content (AvgIpc) is 2.76. The van der Waals surface area contributed by atoms with Crippen molar-refractivity contribution in [2.45, 2.75) is 115 Å². The molecule has 3 rings (SSSR count). The Labute approximate surface area is 186 Å². The summed E-state index contributed by atoms with van der Waals surface area (Å²) in [6.07, 6.45) is 12.0. The molecule has 0 spiro atoms. The molecule has 1 unspecified atom stereocenters. The number of benzene rings is 1. The van der Waals surface area contributed by atoms with Crippen LogP contribution in [0.1, 0.15) is 115 Å². The summed E-state index contributed by atoms with van der Waals surface area (Å²) in [6, 6.07) is 3.71. The normalized spacial score (nSPS) is 25.4. The zero-order chi connectivity index (χ0) is 22.5. The maximum absolute atomic E-state index is 14.3. The molecule has 0 radical (unpaired) electrons. The van der Waals surface area contributed by atoms with Crippen molar-refractivity contribution in [1.82, 2.24) is 0 Å². The number of hydrogen-bond acceptors (Lipinski definition) is 0. The van der Waals surface area contributed by atoms with Crippen LogP contribution < -0.4 is 0 Å². The third-order valence-electron chi connectivity index (χ3n) is 8.46. The molecule has 0 nitrogen and oxygen atoms in total. The second-order valence-corrected chi connectivity index (χ2v) is 10.5. The van der Waals surface area contributed by atoms with Gasteiger partial charge in [-0.2, -0.15) is 13.2 Å². The van der Waals surface area contributed by atoms with Crippen molar-refractivity contribution in [2.24, 2.45) is 17.8 Å². The lowest BCUT2D eigenvalue weighted by molar-refractivity contribution is -0.140. The van der Waals surface area contributed by atoms with Gasteiger partial charge in [0.1, 0.15) is 5.82 Å². The minimum Gasteiger partial charge on any atom is -0.206 e. The van der Waals surface area contributed by atoms with Crippen LogP contribution in [0.3, 0.4) is 0 Å². The minimum atomic E-state index is -4.63. The molecule has 0 aliphatic heterocycles. The van der Waals surface area contributed by atoms with Crippen LogP contribution in [0.5, 0.6) is 0 Å². The molecule has 0 saturated heterocycles. The number of halogens is 4. The molecule has 1 aromatic carbocycles. The van der Waals surface area contributed by atoms with Gasteiger partial charge >= 0.3 is 6.18 Å². The van der Waals surface area contributed by atoms with Gasteiger partial charge in [-0.3, -0.25) is 0 Å². The number of rotatable bonds is 8. The summed E-state index contributed by atoms with van der Waals surface area (Å²) in [4.78, 5) is 0. The van der Waals surface area contributed by atoms with Gasteiger partial charge in [0.15, 0.2) is 0 Å². The molecule has 2 aliphatic carbocycles. The van der Waals surface area contributed by atoms with Crippen molar-refractivity contribution in [3.63, 3.8) is 0 Å².